The second kappa shape index (κ2) is 3.30. The summed E-state index contributed by atoms with van der Waals surface area (Å²) in [6, 6.07) is 0. The lowest BCUT2D eigenvalue weighted by atomic mass is 9.89. The predicted octanol–water partition coefficient (Wildman–Crippen LogP) is 3.76. The third-order valence-electron chi connectivity index (χ3n) is 2.87. The smallest absolute Gasteiger partial charge is 0.0235 e. The highest BCUT2D eigenvalue weighted by Gasteiger charge is 2.11. The fraction of sp³-hybridized carbons (Fsp3) is 0.500. The van der Waals surface area contributed by atoms with Gasteiger partial charge in [-0.05, 0) is 43.8 Å². The summed E-state index contributed by atoms with van der Waals surface area (Å²) in [5, 5.41) is 0. The Morgan fingerprint density at radius 2 is 1.83 bits per heavy atom. The van der Waals surface area contributed by atoms with Crippen molar-refractivity contribution < 1.29 is 0 Å². The van der Waals surface area contributed by atoms with E-state index < -0.39 is 0 Å². The summed E-state index contributed by atoms with van der Waals surface area (Å²) in [7, 11) is 0. The Hall–Kier alpha value is -0.780. The van der Waals surface area contributed by atoms with E-state index in [1.165, 1.54) is 43.3 Å². The lowest BCUT2D eigenvalue weighted by Gasteiger charge is -2.16. The molecule has 1 saturated carbocycles. The van der Waals surface area contributed by atoms with Crippen LogP contribution in [0, 0.1) is 0 Å². The first kappa shape index (κ1) is 7.85. The maximum Gasteiger partial charge on any atom is -0.0235 e. The van der Waals surface area contributed by atoms with Gasteiger partial charge in [0.15, 0.2) is 0 Å². The largest absolute Gasteiger partial charge is 0.0627 e. The molecule has 2 rings (SSSR count). The first-order valence-electron chi connectivity index (χ1n) is 4.95. The van der Waals surface area contributed by atoms with Crippen LogP contribution in [-0.4, -0.2) is 0 Å². The van der Waals surface area contributed by atoms with Crippen LogP contribution in [0.2, 0.25) is 0 Å². The molecule has 0 atom stereocenters. The van der Waals surface area contributed by atoms with Gasteiger partial charge in [0.25, 0.3) is 0 Å². The van der Waals surface area contributed by atoms with Crippen LogP contribution in [-0.2, 0) is 0 Å². The van der Waals surface area contributed by atoms with Gasteiger partial charge >= 0.3 is 0 Å². The van der Waals surface area contributed by atoms with Crippen molar-refractivity contribution in [3.63, 3.8) is 0 Å². The van der Waals surface area contributed by atoms with Crippen molar-refractivity contribution in [2.75, 3.05) is 0 Å². The van der Waals surface area contributed by atoms with Gasteiger partial charge in [-0.3, -0.25) is 0 Å². The minimum atomic E-state index is 1.34. The van der Waals surface area contributed by atoms with Crippen LogP contribution in [0.15, 0.2) is 34.9 Å². The molecule has 2 aliphatic rings. The second-order valence-electron chi connectivity index (χ2n) is 3.79. The van der Waals surface area contributed by atoms with Crippen LogP contribution in [0.1, 0.15) is 39.0 Å². The summed E-state index contributed by atoms with van der Waals surface area (Å²) >= 11 is 0. The number of rotatable bonds is 0. The van der Waals surface area contributed by atoms with E-state index in [1.807, 2.05) is 0 Å². The van der Waals surface area contributed by atoms with Gasteiger partial charge in [0.2, 0.25) is 0 Å². The molecule has 1 fully saturated rings. The topological polar surface area (TPSA) is 0 Å². The summed E-state index contributed by atoms with van der Waals surface area (Å²) in [6.07, 6.45) is 13.6. The first-order chi connectivity index (χ1) is 5.88. The molecule has 0 heterocycles. The van der Waals surface area contributed by atoms with Gasteiger partial charge in [0.1, 0.15) is 0 Å². The molecule has 0 amide bonds. The lowest BCUT2D eigenvalue weighted by molar-refractivity contribution is 0.596. The van der Waals surface area contributed by atoms with Crippen LogP contribution in [0.4, 0.5) is 0 Å². The van der Waals surface area contributed by atoms with E-state index in [4.69, 9.17) is 0 Å². The molecule has 0 saturated heterocycles. The van der Waals surface area contributed by atoms with Gasteiger partial charge in [0.05, 0.1) is 0 Å². The van der Waals surface area contributed by atoms with Crippen LogP contribution >= 0.6 is 0 Å². The SMILES string of the molecule is CC1=CC=CC1=C1CCCCC1. The zero-order valence-electron chi connectivity index (χ0n) is 7.77. The van der Waals surface area contributed by atoms with Crippen molar-refractivity contribution in [3.05, 3.63) is 34.9 Å². The van der Waals surface area contributed by atoms with Gasteiger partial charge in [0, 0.05) is 0 Å². The van der Waals surface area contributed by atoms with Crippen LogP contribution < -0.4 is 0 Å². The Labute approximate surface area is 74.7 Å². The van der Waals surface area contributed by atoms with Crippen LogP contribution in [0.25, 0.3) is 0 Å². The first-order valence-corrected chi connectivity index (χ1v) is 4.95. The highest BCUT2D eigenvalue weighted by atomic mass is 14.2. The molecule has 0 bridgehead atoms. The summed E-state index contributed by atoms with van der Waals surface area (Å²) in [6.45, 7) is 2.22. The van der Waals surface area contributed by atoms with Gasteiger partial charge in [-0.15, -0.1) is 0 Å². The van der Waals surface area contributed by atoms with Crippen molar-refractivity contribution in [2.45, 2.75) is 39.0 Å². The summed E-state index contributed by atoms with van der Waals surface area (Å²) < 4.78 is 0. The maximum absolute atomic E-state index is 2.27. The summed E-state index contributed by atoms with van der Waals surface area (Å²) in [4.78, 5) is 0. The zero-order chi connectivity index (χ0) is 8.39. The van der Waals surface area contributed by atoms with E-state index in [0.29, 0.717) is 0 Å². The average Bonchev–Trinajstić information content (AvgIpc) is 2.53. The predicted molar refractivity (Wildman–Crippen MR) is 53.0 cm³/mol. The van der Waals surface area contributed by atoms with Crippen molar-refractivity contribution in [3.8, 4) is 0 Å². The standard InChI is InChI=1S/C12H16/c1-10-6-5-9-12(10)11-7-3-2-4-8-11/h5-6,9H,2-4,7-8H2,1H3. The summed E-state index contributed by atoms with van der Waals surface area (Å²) in [5.74, 6) is 0. The number of hydrogen-bond donors (Lipinski definition) is 0. The van der Waals surface area contributed by atoms with Gasteiger partial charge in [-0.25, -0.2) is 0 Å². The Morgan fingerprint density at radius 1 is 1.08 bits per heavy atom. The van der Waals surface area contributed by atoms with Crippen molar-refractivity contribution in [1.29, 1.82) is 0 Å². The molecule has 0 radical (unpaired) electrons. The fourth-order valence-electron chi connectivity index (χ4n) is 2.15. The molecule has 0 aromatic rings. The molecule has 2 aliphatic carbocycles. The molecule has 0 nitrogen and oxygen atoms in total. The van der Waals surface area contributed by atoms with Crippen LogP contribution in [0.3, 0.4) is 0 Å². The van der Waals surface area contributed by atoms with E-state index in [-0.39, 0.29) is 0 Å². The average molecular weight is 160 g/mol. The molecule has 0 aliphatic heterocycles. The van der Waals surface area contributed by atoms with Gasteiger partial charge in [-0.1, -0.05) is 30.2 Å². The van der Waals surface area contributed by atoms with E-state index in [1.54, 1.807) is 5.57 Å². The Kier molecular flexibility index (Phi) is 2.16. The molecule has 0 N–H and O–H groups in total. The second-order valence-corrected chi connectivity index (χ2v) is 3.79. The Balaban J connectivity index is 2.23. The third kappa shape index (κ3) is 1.38. The molecule has 12 heavy (non-hydrogen) atoms. The fourth-order valence-corrected chi connectivity index (χ4v) is 2.15. The van der Waals surface area contributed by atoms with E-state index >= 15 is 0 Å². The van der Waals surface area contributed by atoms with E-state index in [2.05, 4.69) is 25.2 Å². The zero-order valence-corrected chi connectivity index (χ0v) is 7.77. The molecule has 0 unspecified atom stereocenters. The number of hydrogen-bond acceptors (Lipinski definition) is 0. The van der Waals surface area contributed by atoms with Gasteiger partial charge < -0.3 is 0 Å². The maximum atomic E-state index is 2.27. The monoisotopic (exact) mass is 160 g/mol. The Morgan fingerprint density at radius 3 is 2.42 bits per heavy atom. The van der Waals surface area contributed by atoms with E-state index in [9.17, 15) is 0 Å². The number of allylic oxidation sites excluding steroid dienone is 6. The highest BCUT2D eigenvalue weighted by molar-refractivity contribution is 5.50. The normalized spacial score (nSPS) is 23.2. The molecule has 0 spiro atoms. The highest BCUT2D eigenvalue weighted by Crippen LogP contribution is 2.31. The minimum absolute atomic E-state index is 1.34. The molecule has 0 aromatic carbocycles. The molecule has 0 heteroatoms. The van der Waals surface area contributed by atoms with Crippen molar-refractivity contribution >= 4 is 0 Å². The van der Waals surface area contributed by atoms with E-state index in [0.717, 1.165) is 0 Å². The quantitative estimate of drug-likeness (QED) is 0.506. The third-order valence-corrected chi connectivity index (χ3v) is 2.87. The molecule has 64 valence electrons. The minimum Gasteiger partial charge on any atom is -0.0627 e. The van der Waals surface area contributed by atoms with Gasteiger partial charge in [-0.2, -0.15) is 0 Å². The lowest BCUT2D eigenvalue weighted by Crippen LogP contribution is -1.97. The molecular weight excluding hydrogens is 144 g/mol. The molecule has 0 aromatic heterocycles. The molecular formula is C12H16. The Bertz CT molecular complexity index is 256. The van der Waals surface area contributed by atoms with Crippen LogP contribution in [0.5, 0.6) is 0 Å². The summed E-state index contributed by atoms with van der Waals surface area (Å²) in [5.41, 5.74) is 4.70. The van der Waals surface area contributed by atoms with Crippen molar-refractivity contribution in [1.82, 2.24) is 0 Å². The van der Waals surface area contributed by atoms with Crippen molar-refractivity contribution in [2.24, 2.45) is 0 Å².